The van der Waals surface area contributed by atoms with Crippen molar-refractivity contribution in [2.24, 2.45) is 5.92 Å². The highest BCUT2D eigenvalue weighted by Gasteiger charge is 2.24. The van der Waals surface area contributed by atoms with Gasteiger partial charge in [0.15, 0.2) is 0 Å². The molecule has 1 unspecified atom stereocenters. The first-order chi connectivity index (χ1) is 13.5. The van der Waals surface area contributed by atoms with Crippen LogP contribution in [-0.4, -0.2) is 29.4 Å². The van der Waals surface area contributed by atoms with Gasteiger partial charge in [-0.1, -0.05) is 45.0 Å². The van der Waals surface area contributed by atoms with Crippen LogP contribution in [0.5, 0.6) is 0 Å². The number of benzene rings is 1. The van der Waals surface area contributed by atoms with Gasteiger partial charge in [0.25, 0.3) is 5.91 Å². The Hall–Kier alpha value is -2.60. The van der Waals surface area contributed by atoms with Gasteiger partial charge < -0.3 is 15.6 Å². The maximum atomic E-state index is 12.7. The number of carbonyl (C=O) groups is 2. The number of carbonyl (C=O) groups excluding carboxylic acids is 2. The Bertz CT molecular complexity index is 944. The highest BCUT2D eigenvalue weighted by atomic mass is 32.1. The summed E-state index contributed by atoms with van der Waals surface area (Å²) in [4.78, 5) is 28.9. The number of rotatable bonds is 8. The van der Waals surface area contributed by atoms with E-state index in [1.165, 1.54) is 33.4 Å². The molecule has 3 rings (SSSR count). The van der Waals surface area contributed by atoms with Crippen molar-refractivity contribution in [3.8, 4) is 0 Å². The number of nitrogens with one attached hydrogen (secondary N) is 3. The molecule has 0 aliphatic rings. The van der Waals surface area contributed by atoms with Crippen LogP contribution in [0.15, 0.2) is 41.9 Å². The first-order valence-corrected chi connectivity index (χ1v) is 10.6. The average molecular weight is 398 g/mol. The highest BCUT2D eigenvalue weighted by molar-refractivity contribution is 7.12. The standard InChI is InChI=1S/C22H27N3O2S/c1-4-15-7-5-8-17-16(13-24-20(15)17)10-11-23-22(27)19(14(2)3)25-21(26)18-9-6-12-28-18/h5-9,12-14,19,24H,4,10-11H2,1-3H3,(H,23,27)(H,25,26). The molecule has 0 saturated heterocycles. The fraction of sp³-hybridized carbons (Fsp3) is 0.364. The lowest BCUT2D eigenvalue weighted by Crippen LogP contribution is -2.49. The molecule has 0 saturated carbocycles. The Balaban J connectivity index is 1.60. The summed E-state index contributed by atoms with van der Waals surface area (Å²) in [5.74, 6) is -0.342. The summed E-state index contributed by atoms with van der Waals surface area (Å²) < 4.78 is 0. The van der Waals surface area contributed by atoms with Gasteiger partial charge in [-0.3, -0.25) is 9.59 Å². The molecular formula is C22H27N3O2S. The maximum absolute atomic E-state index is 12.7. The van der Waals surface area contributed by atoms with Gasteiger partial charge in [0.05, 0.1) is 4.88 Å². The third kappa shape index (κ3) is 4.44. The molecular weight excluding hydrogens is 370 g/mol. The molecule has 0 spiro atoms. The molecule has 0 aliphatic heterocycles. The fourth-order valence-corrected chi connectivity index (χ4v) is 3.99. The summed E-state index contributed by atoms with van der Waals surface area (Å²) in [6.45, 7) is 6.54. The minimum absolute atomic E-state index is 0.00381. The molecule has 28 heavy (non-hydrogen) atoms. The molecule has 3 aromatic rings. The number of hydrogen-bond acceptors (Lipinski definition) is 3. The van der Waals surface area contributed by atoms with E-state index >= 15 is 0 Å². The van der Waals surface area contributed by atoms with Crippen LogP contribution < -0.4 is 10.6 Å². The van der Waals surface area contributed by atoms with Crippen LogP contribution in [0.1, 0.15) is 41.6 Å². The third-order valence-electron chi connectivity index (χ3n) is 4.94. The van der Waals surface area contributed by atoms with Crippen LogP contribution in [0.25, 0.3) is 10.9 Å². The summed E-state index contributed by atoms with van der Waals surface area (Å²) in [6.07, 6.45) is 3.74. The van der Waals surface area contributed by atoms with Crippen LogP contribution in [0.4, 0.5) is 0 Å². The Labute approximate surface area is 169 Å². The smallest absolute Gasteiger partial charge is 0.262 e. The summed E-state index contributed by atoms with van der Waals surface area (Å²) in [5.41, 5.74) is 3.66. The van der Waals surface area contributed by atoms with E-state index in [0.29, 0.717) is 11.4 Å². The second kappa shape index (κ2) is 9.06. The summed E-state index contributed by atoms with van der Waals surface area (Å²) in [7, 11) is 0. The van der Waals surface area contributed by atoms with Crippen LogP contribution >= 0.6 is 11.3 Å². The Morgan fingerprint density at radius 3 is 2.64 bits per heavy atom. The topological polar surface area (TPSA) is 74.0 Å². The lowest BCUT2D eigenvalue weighted by molar-refractivity contribution is -0.123. The SMILES string of the molecule is CCc1cccc2c(CCNC(=O)C(NC(=O)c3cccs3)C(C)C)c[nH]c12. The van der Waals surface area contributed by atoms with E-state index in [4.69, 9.17) is 0 Å². The lowest BCUT2D eigenvalue weighted by atomic mass is 10.0. The lowest BCUT2D eigenvalue weighted by Gasteiger charge is -2.21. The molecule has 0 fully saturated rings. The number of aryl methyl sites for hydroxylation is 1. The first-order valence-electron chi connectivity index (χ1n) is 9.71. The largest absolute Gasteiger partial charge is 0.361 e. The van der Waals surface area contributed by atoms with E-state index in [-0.39, 0.29) is 17.7 Å². The van der Waals surface area contributed by atoms with E-state index in [9.17, 15) is 9.59 Å². The molecule has 1 atom stereocenters. The van der Waals surface area contributed by atoms with Crippen LogP contribution in [-0.2, 0) is 17.6 Å². The van der Waals surface area contributed by atoms with E-state index in [1.807, 2.05) is 31.5 Å². The molecule has 2 aromatic heterocycles. The average Bonchev–Trinajstić information content (AvgIpc) is 3.35. The minimum Gasteiger partial charge on any atom is -0.361 e. The highest BCUT2D eigenvalue weighted by Crippen LogP contribution is 2.22. The van der Waals surface area contributed by atoms with E-state index in [1.54, 1.807) is 6.07 Å². The summed E-state index contributed by atoms with van der Waals surface area (Å²) in [6, 6.07) is 9.36. The molecule has 148 valence electrons. The van der Waals surface area contributed by atoms with E-state index in [0.717, 1.165) is 12.8 Å². The molecule has 0 aliphatic carbocycles. The van der Waals surface area contributed by atoms with E-state index in [2.05, 4.69) is 40.7 Å². The molecule has 5 nitrogen and oxygen atoms in total. The predicted molar refractivity (Wildman–Crippen MR) is 115 cm³/mol. The van der Waals surface area contributed by atoms with Gasteiger partial charge in [-0.15, -0.1) is 11.3 Å². The Morgan fingerprint density at radius 1 is 1.14 bits per heavy atom. The molecule has 2 heterocycles. The van der Waals surface area contributed by atoms with Gasteiger partial charge in [0.2, 0.25) is 5.91 Å². The monoisotopic (exact) mass is 397 g/mol. The summed E-state index contributed by atoms with van der Waals surface area (Å²) >= 11 is 1.37. The van der Waals surface area contributed by atoms with Crippen LogP contribution in [0.3, 0.4) is 0 Å². The summed E-state index contributed by atoms with van der Waals surface area (Å²) in [5, 5.41) is 8.90. The quantitative estimate of drug-likeness (QED) is 0.539. The predicted octanol–water partition coefficient (Wildman–Crippen LogP) is 3.91. The fourth-order valence-electron chi connectivity index (χ4n) is 3.36. The van der Waals surface area contributed by atoms with Crippen molar-refractivity contribution in [3.05, 3.63) is 57.9 Å². The van der Waals surface area contributed by atoms with Crippen LogP contribution in [0.2, 0.25) is 0 Å². The first kappa shape index (κ1) is 20.1. The van der Waals surface area contributed by atoms with Crippen molar-refractivity contribution < 1.29 is 9.59 Å². The van der Waals surface area contributed by atoms with Crippen molar-refractivity contribution >= 4 is 34.1 Å². The molecule has 0 bridgehead atoms. The number of aromatic amines is 1. The molecule has 1 aromatic carbocycles. The Kier molecular flexibility index (Phi) is 6.52. The van der Waals surface area contributed by atoms with Gasteiger partial charge in [-0.05, 0) is 41.3 Å². The second-order valence-corrected chi connectivity index (χ2v) is 8.17. The van der Waals surface area contributed by atoms with E-state index < -0.39 is 6.04 Å². The van der Waals surface area contributed by atoms with Crippen molar-refractivity contribution in [3.63, 3.8) is 0 Å². The van der Waals surface area contributed by atoms with Gasteiger partial charge in [0, 0.05) is 23.6 Å². The zero-order valence-electron chi connectivity index (χ0n) is 16.5. The number of hydrogen-bond donors (Lipinski definition) is 3. The van der Waals surface area contributed by atoms with Crippen molar-refractivity contribution in [2.75, 3.05) is 6.54 Å². The molecule has 3 N–H and O–H groups in total. The zero-order valence-corrected chi connectivity index (χ0v) is 17.4. The zero-order chi connectivity index (χ0) is 20.1. The normalized spacial score (nSPS) is 12.3. The third-order valence-corrected chi connectivity index (χ3v) is 5.81. The number of fused-ring (bicyclic) bond motifs is 1. The van der Waals surface area contributed by atoms with Gasteiger partial charge in [-0.25, -0.2) is 0 Å². The van der Waals surface area contributed by atoms with Crippen molar-refractivity contribution in [1.82, 2.24) is 15.6 Å². The number of H-pyrrole nitrogens is 1. The number of aromatic nitrogens is 1. The number of thiophene rings is 1. The maximum Gasteiger partial charge on any atom is 0.262 e. The Morgan fingerprint density at radius 2 is 1.96 bits per heavy atom. The number of para-hydroxylation sites is 1. The van der Waals surface area contributed by atoms with Gasteiger partial charge in [-0.2, -0.15) is 0 Å². The molecule has 0 radical (unpaired) electrons. The van der Waals surface area contributed by atoms with Crippen LogP contribution in [0, 0.1) is 5.92 Å². The second-order valence-electron chi connectivity index (χ2n) is 7.22. The van der Waals surface area contributed by atoms with Crippen molar-refractivity contribution in [2.45, 2.75) is 39.7 Å². The van der Waals surface area contributed by atoms with Crippen molar-refractivity contribution in [1.29, 1.82) is 0 Å². The molecule has 6 heteroatoms. The molecule has 2 amide bonds. The number of amides is 2. The minimum atomic E-state index is -0.552. The van der Waals surface area contributed by atoms with Gasteiger partial charge >= 0.3 is 0 Å². The van der Waals surface area contributed by atoms with Gasteiger partial charge in [0.1, 0.15) is 6.04 Å².